The molecular formula is C42H60N10O4S4. The number of fused-ring (bicyclic) bond motifs is 2. The van der Waals surface area contributed by atoms with Crippen LogP contribution in [0.2, 0.25) is 0 Å². The molecule has 6 N–H and O–H groups in total. The summed E-state index contributed by atoms with van der Waals surface area (Å²) in [6.07, 6.45) is 3.32. The molecule has 2 fully saturated rings. The molecule has 2 saturated heterocycles. The third-order valence-electron chi connectivity index (χ3n) is 11.1. The molecule has 4 heterocycles. The van der Waals surface area contributed by atoms with E-state index in [0.717, 1.165) is 81.7 Å². The smallest absolute Gasteiger partial charge is 0.315 e. The molecule has 2 aromatic heterocycles. The first-order chi connectivity index (χ1) is 26.9. The molecular weight excluding hydrogens is 837 g/mol. The van der Waals surface area contributed by atoms with Gasteiger partial charge in [0, 0.05) is 27.2 Å². The molecule has 5 aromatic rings. The van der Waals surface area contributed by atoms with Crippen LogP contribution < -0.4 is 21.3 Å². The van der Waals surface area contributed by atoms with E-state index in [1.165, 1.54) is 0 Å². The highest BCUT2D eigenvalue weighted by Crippen LogP contribution is 2.36. The monoisotopic (exact) mass is 896 g/mol. The number of rotatable bonds is 10. The highest BCUT2D eigenvalue weighted by molar-refractivity contribution is 7.59. The average Bonchev–Trinajstić information content (AvgIpc) is 4.03. The Bertz CT molecular complexity index is 2110. The maximum atomic E-state index is 13.6. The molecule has 2 aliphatic rings. The summed E-state index contributed by atoms with van der Waals surface area (Å²) in [6, 6.07) is 18.4. The van der Waals surface area contributed by atoms with Gasteiger partial charge in [0.25, 0.3) is 0 Å². The fourth-order valence-corrected chi connectivity index (χ4v) is 8.03. The van der Waals surface area contributed by atoms with Crippen molar-refractivity contribution in [3.63, 3.8) is 0 Å². The SMILES string of the molecule is CNC(=O)N[C@H](C(=O)N1CCC[C@H]1c1nc2ccc(-c3ccc(-c4ccc5nc([C@@H]6CCCN6C(=O)[C@@H](NC(=O)NC)C(C)C)[nH]c5c4)cc3)cc2[nH]1)C(C)C.S.S.S.S. The maximum Gasteiger partial charge on any atom is 0.315 e. The normalized spacial score (nSPS) is 16.9. The van der Waals surface area contributed by atoms with E-state index in [0.29, 0.717) is 13.1 Å². The molecule has 6 amide bonds. The van der Waals surface area contributed by atoms with Crippen LogP contribution in [0.1, 0.15) is 77.1 Å². The number of hydrogen-bond acceptors (Lipinski definition) is 6. The third kappa shape index (κ3) is 10.3. The van der Waals surface area contributed by atoms with Crippen molar-refractivity contribution in [2.75, 3.05) is 27.2 Å². The van der Waals surface area contributed by atoms with Gasteiger partial charge in [0.15, 0.2) is 0 Å². The lowest BCUT2D eigenvalue weighted by atomic mass is 10.00. The van der Waals surface area contributed by atoms with Gasteiger partial charge in [-0.3, -0.25) is 9.59 Å². The van der Waals surface area contributed by atoms with E-state index in [-0.39, 0.29) is 102 Å². The zero-order valence-corrected chi connectivity index (χ0v) is 38.9. The highest BCUT2D eigenvalue weighted by atomic mass is 32.1. The summed E-state index contributed by atoms with van der Waals surface area (Å²) in [5.74, 6) is 1.18. The number of nitrogens with one attached hydrogen (secondary N) is 6. The summed E-state index contributed by atoms with van der Waals surface area (Å²) < 4.78 is 0. The van der Waals surface area contributed by atoms with Crippen molar-refractivity contribution in [2.24, 2.45) is 11.8 Å². The lowest BCUT2D eigenvalue weighted by Gasteiger charge is -2.30. The molecule has 14 nitrogen and oxygen atoms in total. The molecule has 4 atom stereocenters. The molecule has 60 heavy (non-hydrogen) atoms. The van der Waals surface area contributed by atoms with Crippen LogP contribution in [-0.4, -0.2) is 92.9 Å². The largest absolute Gasteiger partial charge is 0.341 e. The van der Waals surface area contributed by atoms with Gasteiger partial charge >= 0.3 is 12.1 Å². The Morgan fingerprint density at radius 2 is 0.933 bits per heavy atom. The molecule has 0 radical (unpaired) electrons. The van der Waals surface area contributed by atoms with Gasteiger partial charge in [-0.2, -0.15) is 54.0 Å². The second-order valence-corrected chi connectivity index (χ2v) is 15.6. The van der Waals surface area contributed by atoms with Gasteiger partial charge in [-0.25, -0.2) is 19.6 Å². The minimum atomic E-state index is -0.628. The van der Waals surface area contributed by atoms with E-state index in [9.17, 15) is 19.2 Å². The van der Waals surface area contributed by atoms with Crippen LogP contribution >= 0.6 is 54.0 Å². The number of likely N-dealkylation sites (tertiary alicyclic amines) is 2. The Kier molecular flexibility index (Phi) is 17.7. The number of H-pyrrole nitrogens is 2. The zero-order valence-electron chi connectivity index (χ0n) is 34.9. The van der Waals surface area contributed by atoms with Crippen LogP contribution in [-0.2, 0) is 9.59 Å². The molecule has 18 heteroatoms. The summed E-state index contributed by atoms with van der Waals surface area (Å²) in [5, 5.41) is 10.7. The van der Waals surface area contributed by atoms with E-state index in [1.807, 2.05) is 49.6 Å². The quantitative estimate of drug-likeness (QED) is 0.0937. The standard InChI is InChI=1S/C42H52N10O4.4H2S/c1-23(2)35(49-41(55)43-5)39(53)51-19-7-9-33(51)37-45-29-17-15-27(21-31(29)47-37)25-11-13-26(14-12-25)28-16-18-30-32(22-28)48-38(46-30)34-10-8-20-52(34)40(54)36(24(3)4)50-42(56)44-6;;;;/h11-18,21-24,33-36H,7-10,19-20H2,1-6H3,(H,45,47)(H,46,48)(H2,43,49,55)(H2,44,50,56);4*1H2/t33-,34-,35-,36-;;;;/m0..../s1. The van der Waals surface area contributed by atoms with Crippen molar-refractivity contribution in [1.82, 2.24) is 51.0 Å². The predicted molar refractivity (Wildman–Crippen MR) is 258 cm³/mol. The maximum absolute atomic E-state index is 13.6. The van der Waals surface area contributed by atoms with Crippen LogP contribution in [0.5, 0.6) is 0 Å². The molecule has 3 aromatic carbocycles. The predicted octanol–water partition coefficient (Wildman–Crippen LogP) is 6.46. The van der Waals surface area contributed by atoms with Gasteiger partial charge in [0.2, 0.25) is 11.8 Å². The molecule has 326 valence electrons. The van der Waals surface area contributed by atoms with Gasteiger partial charge in [0.1, 0.15) is 23.7 Å². The number of imidazole rings is 2. The van der Waals surface area contributed by atoms with Gasteiger partial charge in [-0.15, -0.1) is 0 Å². The van der Waals surface area contributed by atoms with Crippen molar-refractivity contribution in [3.8, 4) is 22.3 Å². The highest BCUT2D eigenvalue weighted by Gasteiger charge is 2.39. The second kappa shape index (κ2) is 21.3. The number of carbonyl (C=O) groups excluding carboxylic acids is 4. The summed E-state index contributed by atoms with van der Waals surface area (Å²) in [6.45, 7) is 8.96. The van der Waals surface area contributed by atoms with E-state index < -0.39 is 12.1 Å². The number of aromatic amines is 2. The summed E-state index contributed by atoms with van der Waals surface area (Å²) >= 11 is 0. The fourth-order valence-electron chi connectivity index (χ4n) is 8.03. The number of amides is 6. The van der Waals surface area contributed by atoms with E-state index in [1.54, 1.807) is 14.1 Å². The molecule has 7 rings (SSSR count). The van der Waals surface area contributed by atoms with E-state index >= 15 is 0 Å². The summed E-state index contributed by atoms with van der Waals surface area (Å²) in [5.41, 5.74) is 7.68. The number of carbonyl (C=O) groups is 4. The van der Waals surface area contributed by atoms with Crippen LogP contribution in [0.25, 0.3) is 44.3 Å². The summed E-state index contributed by atoms with van der Waals surface area (Å²) in [4.78, 5) is 72.0. The number of aromatic nitrogens is 4. The molecule has 0 saturated carbocycles. The van der Waals surface area contributed by atoms with Gasteiger partial charge in [0.05, 0.1) is 34.2 Å². The minimum absolute atomic E-state index is 0. The summed E-state index contributed by atoms with van der Waals surface area (Å²) in [7, 11) is 3.09. The van der Waals surface area contributed by atoms with Gasteiger partial charge < -0.3 is 41.0 Å². The Hall–Kier alpha value is -4.52. The fraction of sp³-hybridized carbons (Fsp3) is 0.429. The second-order valence-electron chi connectivity index (χ2n) is 15.6. The average molecular weight is 897 g/mol. The first kappa shape index (κ1) is 49.8. The molecule has 2 aliphatic heterocycles. The minimum Gasteiger partial charge on any atom is -0.341 e. The van der Waals surface area contributed by atoms with Gasteiger partial charge in [-0.05, 0) is 84.0 Å². The van der Waals surface area contributed by atoms with Crippen LogP contribution in [0.4, 0.5) is 9.59 Å². The molecule has 0 aliphatic carbocycles. The van der Waals surface area contributed by atoms with E-state index in [2.05, 4.69) is 79.8 Å². The lowest BCUT2D eigenvalue weighted by Crippen LogP contribution is -2.53. The third-order valence-corrected chi connectivity index (χ3v) is 11.1. The number of urea groups is 2. The van der Waals surface area contributed by atoms with Crippen LogP contribution in [0, 0.1) is 11.8 Å². The number of nitrogens with zero attached hydrogens (tertiary/aromatic N) is 4. The van der Waals surface area contributed by atoms with Gasteiger partial charge in [-0.1, -0.05) is 64.1 Å². The molecule has 0 spiro atoms. The Morgan fingerprint density at radius 3 is 1.27 bits per heavy atom. The molecule has 0 bridgehead atoms. The van der Waals surface area contributed by atoms with Crippen molar-refractivity contribution in [2.45, 2.75) is 77.5 Å². The molecule has 0 unspecified atom stereocenters. The zero-order chi connectivity index (χ0) is 39.7. The van der Waals surface area contributed by atoms with Crippen LogP contribution in [0.3, 0.4) is 0 Å². The first-order valence-corrected chi connectivity index (χ1v) is 19.6. The van der Waals surface area contributed by atoms with Crippen molar-refractivity contribution in [3.05, 3.63) is 72.3 Å². The van der Waals surface area contributed by atoms with E-state index in [4.69, 9.17) is 9.97 Å². The topological polar surface area (TPSA) is 180 Å². The number of benzene rings is 3. The lowest BCUT2D eigenvalue weighted by molar-refractivity contribution is -0.136. The van der Waals surface area contributed by atoms with Crippen LogP contribution in [0.15, 0.2) is 60.7 Å². The Balaban J connectivity index is 0.00000240. The Morgan fingerprint density at radius 1 is 0.583 bits per heavy atom. The van der Waals surface area contributed by atoms with Crippen molar-refractivity contribution in [1.29, 1.82) is 0 Å². The van der Waals surface area contributed by atoms with Crippen molar-refractivity contribution >= 4 is 99.9 Å². The van der Waals surface area contributed by atoms with Crippen molar-refractivity contribution < 1.29 is 19.2 Å². The Labute approximate surface area is 379 Å². The number of hydrogen-bond donors (Lipinski definition) is 6. The first-order valence-electron chi connectivity index (χ1n) is 19.6.